The average molecular weight is 200 g/mol. The molecular weight excluding hydrogens is 187 g/mol. The van der Waals surface area contributed by atoms with Crippen LogP contribution in [0.15, 0.2) is 0 Å². The van der Waals surface area contributed by atoms with Crippen molar-refractivity contribution in [2.45, 2.75) is 19.0 Å². The monoisotopic (exact) mass is 199 g/mol. The minimum absolute atomic E-state index is 0.661. The van der Waals surface area contributed by atoms with E-state index in [0.717, 1.165) is 18.7 Å². The molecule has 0 aliphatic carbocycles. The maximum Gasteiger partial charge on any atom is 0.213 e. The summed E-state index contributed by atoms with van der Waals surface area (Å²) >= 11 is 11.1. The largest absolute Gasteiger partial charge is 0.417 e. The fraction of sp³-hybridized carbons (Fsp3) is 1.00. The predicted molar refractivity (Wildman–Crippen MR) is 48.4 cm³/mol. The minimum atomic E-state index is -0.661. The van der Waals surface area contributed by atoms with Crippen LogP contribution >= 0.6 is 23.2 Å². The zero-order valence-corrected chi connectivity index (χ0v) is 8.71. The van der Waals surface area contributed by atoms with Crippen LogP contribution in [0.3, 0.4) is 0 Å². The molecule has 0 bridgehead atoms. The van der Waals surface area contributed by atoms with Gasteiger partial charge in [-0.3, -0.25) is 0 Å². The highest BCUT2D eigenvalue weighted by Gasteiger charge is 2.09. The van der Waals surface area contributed by atoms with E-state index in [9.17, 15) is 0 Å². The Morgan fingerprint density at radius 2 is 1.70 bits per heavy atom. The van der Waals surface area contributed by atoms with Crippen LogP contribution in [0.5, 0.6) is 0 Å². The summed E-state index contributed by atoms with van der Waals surface area (Å²) in [6, 6.07) is 2.01. The third kappa shape index (κ3) is 5.53. The van der Waals surface area contributed by atoms with Crippen LogP contribution in [0.4, 0.5) is 0 Å². The Morgan fingerprint density at radius 1 is 1.20 bits per heavy atom. The number of halogens is 2. The van der Waals surface area contributed by atoms with E-state index in [1.54, 1.807) is 0 Å². The van der Waals surface area contributed by atoms with E-state index < -0.39 is 9.04 Å². The van der Waals surface area contributed by atoms with E-state index in [-0.39, 0.29) is 0 Å². The van der Waals surface area contributed by atoms with Crippen molar-refractivity contribution in [2.75, 3.05) is 18.4 Å². The molecule has 0 aromatic rings. The highest BCUT2D eigenvalue weighted by Crippen LogP contribution is 2.04. The van der Waals surface area contributed by atoms with E-state index >= 15 is 0 Å². The van der Waals surface area contributed by atoms with E-state index in [0.29, 0.717) is 11.8 Å². The molecule has 4 heteroatoms. The molecule has 10 heavy (non-hydrogen) atoms. The van der Waals surface area contributed by atoms with Gasteiger partial charge < -0.3 is 4.43 Å². The molecule has 0 saturated heterocycles. The normalized spacial score (nSPS) is 10.8. The van der Waals surface area contributed by atoms with E-state index in [4.69, 9.17) is 27.6 Å². The summed E-state index contributed by atoms with van der Waals surface area (Å²) in [6.45, 7) is 2.80. The third-order valence-corrected chi connectivity index (χ3v) is 4.42. The second-order valence-electron chi connectivity index (χ2n) is 1.85. The Labute approximate surface area is 74.4 Å². The molecule has 0 saturated carbocycles. The molecule has 0 aromatic carbocycles. The Bertz CT molecular complexity index is 58.5. The Hall–Kier alpha value is 0.757. The van der Waals surface area contributed by atoms with Crippen LogP contribution in [0.25, 0.3) is 0 Å². The molecule has 0 unspecified atom stereocenters. The summed E-state index contributed by atoms with van der Waals surface area (Å²) in [7, 11) is -0.661. The highest BCUT2D eigenvalue weighted by atomic mass is 35.5. The zero-order valence-electron chi connectivity index (χ0n) is 6.20. The van der Waals surface area contributed by atoms with Gasteiger partial charge in [0.05, 0.1) is 0 Å². The van der Waals surface area contributed by atoms with Gasteiger partial charge in [-0.1, -0.05) is 0 Å². The SMILES string of the molecule is CCO[Si](CCCl)CCCl. The molecule has 1 nitrogen and oxygen atoms in total. The molecule has 0 N–H and O–H groups in total. The lowest BCUT2D eigenvalue weighted by Crippen LogP contribution is -2.18. The smallest absolute Gasteiger partial charge is 0.213 e. The minimum Gasteiger partial charge on any atom is -0.417 e. The Kier molecular flexibility index (Phi) is 8.45. The van der Waals surface area contributed by atoms with Crippen molar-refractivity contribution in [3.05, 3.63) is 0 Å². The second-order valence-corrected chi connectivity index (χ2v) is 4.97. The van der Waals surface area contributed by atoms with Crippen LogP contribution in [0, 0.1) is 0 Å². The van der Waals surface area contributed by atoms with Crippen molar-refractivity contribution in [3.8, 4) is 0 Å². The third-order valence-electron chi connectivity index (χ3n) is 1.10. The molecule has 0 spiro atoms. The van der Waals surface area contributed by atoms with E-state index in [2.05, 4.69) is 0 Å². The van der Waals surface area contributed by atoms with Crippen LogP contribution < -0.4 is 0 Å². The van der Waals surface area contributed by atoms with Gasteiger partial charge in [0.25, 0.3) is 0 Å². The van der Waals surface area contributed by atoms with E-state index in [1.807, 2.05) is 6.92 Å². The van der Waals surface area contributed by atoms with Crippen LogP contribution in [0.2, 0.25) is 12.1 Å². The Morgan fingerprint density at radius 3 is 2.00 bits per heavy atom. The summed E-state index contributed by atoms with van der Waals surface area (Å²) in [4.78, 5) is 0. The quantitative estimate of drug-likeness (QED) is 0.472. The number of alkyl halides is 2. The maximum atomic E-state index is 5.57. The summed E-state index contributed by atoms with van der Waals surface area (Å²) in [5.74, 6) is 1.40. The zero-order chi connectivity index (χ0) is 7.82. The van der Waals surface area contributed by atoms with Gasteiger partial charge in [0.1, 0.15) is 0 Å². The fourth-order valence-corrected chi connectivity index (χ4v) is 3.32. The lowest BCUT2D eigenvalue weighted by molar-refractivity contribution is 0.343. The average Bonchev–Trinajstić information content (AvgIpc) is 1.90. The molecule has 0 aliphatic rings. The summed E-state index contributed by atoms with van der Waals surface area (Å²) in [5, 5.41) is 0. The molecule has 0 aliphatic heterocycles. The lowest BCUT2D eigenvalue weighted by atomic mass is 10.9. The van der Waals surface area contributed by atoms with Gasteiger partial charge in [0, 0.05) is 18.4 Å². The number of rotatable bonds is 6. The second kappa shape index (κ2) is 7.86. The Balaban J connectivity index is 3.30. The molecule has 1 radical (unpaired) electrons. The van der Waals surface area contributed by atoms with Gasteiger partial charge in [0.2, 0.25) is 9.04 Å². The van der Waals surface area contributed by atoms with Crippen molar-refractivity contribution in [1.29, 1.82) is 0 Å². The van der Waals surface area contributed by atoms with Gasteiger partial charge in [0.15, 0.2) is 0 Å². The molecule has 0 atom stereocenters. The van der Waals surface area contributed by atoms with Crippen molar-refractivity contribution >= 4 is 32.2 Å². The molecule has 0 rings (SSSR count). The first kappa shape index (κ1) is 10.8. The topological polar surface area (TPSA) is 9.23 Å². The van der Waals surface area contributed by atoms with Gasteiger partial charge >= 0.3 is 0 Å². The van der Waals surface area contributed by atoms with Gasteiger partial charge in [-0.05, 0) is 19.0 Å². The van der Waals surface area contributed by atoms with E-state index in [1.165, 1.54) is 0 Å². The van der Waals surface area contributed by atoms with Crippen LogP contribution in [0.1, 0.15) is 6.92 Å². The van der Waals surface area contributed by atoms with Gasteiger partial charge in [-0.15, -0.1) is 23.2 Å². The maximum absolute atomic E-state index is 5.57. The fourth-order valence-electron chi connectivity index (χ4n) is 0.684. The van der Waals surface area contributed by atoms with Crippen LogP contribution in [-0.2, 0) is 4.43 Å². The van der Waals surface area contributed by atoms with Crippen molar-refractivity contribution < 1.29 is 4.43 Å². The summed E-state index contributed by atoms with van der Waals surface area (Å²) < 4.78 is 5.46. The molecule has 0 fully saturated rings. The predicted octanol–water partition coefficient (Wildman–Crippen LogP) is 2.49. The summed E-state index contributed by atoms with van der Waals surface area (Å²) in [6.07, 6.45) is 0. The number of hydrogen-bond donors (Lipinski definition) is 0. The van der Waals surface area contributed by atoms with Gasteiger partial charge in [-0.25, -0.2) is 0 Å². The molecule has 0 heterocycles. The molecular formula is C6H13Cl2OSi. The molecule has 0 aromatic heterocycles. The van der Waals surface area contributed by atoms with Crippen LogP contribution in [-0.4, -0.2) is 27.4 Å². The molecule has 0 amide bonds. The molecule has 61 valence electrons. The van der Waals surface area contributed by atoms with Crippen molar-refractivity contribution in [2.24, 2.45) is 0 Å². The van der Waals surface area contributed by atoms with Gasteiger partial charge in [-0.2, -0.15) is 0 Å². The van der Waals surface area contributed by atoms with Crippen molar-refractivity contribution in [1.82, 2.24) is 0 Å². The summed E-state index contributed by atoms with van der Waals surface area (Å²) in [5.41, 5.74) is 0. The first-order chi connectivity index (χ1) is 4.85. The number of hydrogen-bond acceptors (Lipinski definition) is 1. The lowest BCUT2D eigenvalue weighted by Gasteiger charge is -2.10. The van der Waals surface area contributed by atoms with Crippen molar-refractivity contribution in [3.63, 3.8) is 0 Å². The standard InChI is InChI=1S/C6H13Cl2OSi/c1-2-9-10(5-3-7)6-4-8/h2-6H2,1H3. The highest BCUT2D eigenvalue weighted by molar-refractivity contribution is 6.54. The first-order valence-corrected chi connectivity index (χ1v) is 6.33. The first-order valence-electron chi connectivity index (χ1n) is 3.44.